The Morgan fingerprint density at radius 3 is 2.75 bits per heavy atom. The summed E-state index contributed by atoms with van der Waals surface area (Å²) in [6, 6.07) is 8.70. The summed E-state index contributed by atoms with van der Waals surface area (Å²) in [7, 11) is 0. The standard InChI is InChI=1S/C18H22O2/c1-2-7-17(20-18-10-19-18)14(4-1)16-9-11-8-15(16)13-6-3-5-12(11)13/h1-2,4,7,11-13,15-16,18H,3,5-6,8-10H2. The summed E-state index contributed by atoms with van der Waals surface area (Å²) in [5.74, 6) is 5.84. The number of rotatable bonds is 3. The zero-order valence-corrected chi connectivity index (χ0v) is 11.8. The van der Waals surface area contributed by atoms with Crippen molar-refractivity contribution >= 4 is 0 Å². The van der Waals surface area contributed by atoms with Crippen LogP contribution in [0.25, 0.3) is 0 Å². The highest BCUT2D eigenvalue weighted by Gasteiger charge is 2.54. The molecule has 0 radical (unpaired) electrons. The van der Waals surface area contributed by atoms with Gasteiger partial charge in [0.05, 0.1) is 0 Å². The van der Waals surface area contributed by atoms with Gasteiger partial charge in [-0.15, -0.1) is 0 Å². The predicted octanol–water partition coefficient (Wildman–Crippen LogP) is 3.96. The van der Waals surface area contributed by atoms with Gasteiger partial charge < -0.3 is 9.47 Å². The van der Waals surface area contributed by atoms with E-state index in [1.54, 1.807) is 0 Å². The Kier molecular flexibility index (Phi) is 2.46. The first-order valence-electron chi connectivity index (χ1n) is 8.27. The minimum absolute atomic E-state index is 0.0222. The maximum Gasteiger partial charge on any atom is 0.223 e. The van der Waals surface area contributed by atoms with E-state index in [1.807, 2.05) is 0 Å². The molecule has 2 heteroatoms. The highest BCUT2D eigenvalue weighted by atomic mass is 16.8. The third-order valence-corrected chi connectivity index (χ3v) is 6.31. The number of fused-ring (bicyclic) bond motifs is 5. The number of ether oxygens (including phenoxy) is 2. The molecule has 4 aliphatic rings. The van der Waals surface area contributed by atoms with Gasteiger partial charge in [0.2, 0.25) is 6.29 Å². The molecule has 0 aromatic heterocycles. The van der Waals surface area contributed by atoms with Crippen molar-refractivity contribution in [3.63, 3.8) is 0 Å². The fraction of sp³-hybridized carbons (Fsp3) is 0.667. The zero-order chi connectivity index (χ0) is 13.1. The number of epoxide rings is 1. The number of para-hydroxylation sites is 1. The predicted molar refractivity (Wildman–Crippen MR) is 76.6 cm³/mol. The molecule has 5 rings (SSSR count). The van der Waals surface area contributed by atoms with Crippen LogP contribution in [0.3, 0.4) is 0 Å². The molecule has 1 aliphatic heterocycles. The van der Waals surface area contributed by atoms with Gasteiger partial charge in [0, 0.05) is 0 Å². The molecule has 1 aromatic carbocycles. The van der Waals surface area contributed by atoms with Crippen LogP contribution in [-0.2, 0) is 4.74 Å². The normalized spacial score (nSPS) is 44.6. The smallest absolute Gasteiger partial charge is 0.223 e. The number of hydrogen-bond acceptors (Lipinski definition) is 2. The van der Waals surface area contributed by atoms with Gasteiger partial charge >= 0.3 is 0 Å². The van der Waals surface area contributed by atoms with Crippen molar-refractivity contribution in [2.24, 2.45) is 23.7 Å². The summed E-state index contributed by atoms with van der Waals surface area (Å²) in [6.07, 6.45) is 7.37. The van der Waals surface area contributed by atoms with Crippen molar-refractivity contribution in [3.8, 4) is 5.75 Å². The van der Waals surface area contributed by atoms with Gasteiger partial charge in [-0.25, -0.2) is 0 Å². The van der Waals surface area contributed by atoms with Crippen LogP contribution < -0.4 is 4.74 Å². The third kappa shape index (κ3) is 1.67. The number of hydrogen-bond donors (Lipinski definition) is 0. The SMILES string of the molecule is c1ccc(C2CC3CC2C2CCCC32)c(OC2CO2)c1. The lowest BCUT2D eigenvalue weighted by molar-refractivity contribution is 0.172. The van der Waals surface area contributed by atoms with Crippen LogP contribution in [0.1, 0.15) is 43.6 Å². The Balaban J connectivity index is 1.46. The lowest BCUT2D eigenvalue weighted by Gasteiger charge is -2.32. The molecule has 1 heterocycles. The largest absolute Gasteiger partial charge is 0.462 e. The Labute approximate surface area is 120 Å². The van der Waals surface area contributed by atoms with Gasteiger partial charge in [0.15, 0.2) is 0 Å². The van der Waals surface area contributed by atoms with E-state index in [0.29, 0.717) is 0 Å². The quantitative estimate of drug-likeness (QED) is 0.775. The molecule has 6 atom stereocenters. The lowest BCUT2D eigenvalue weighted by atomic mass is 9.73. The molecule has 4 fully saturated rings. The molecular formula is C18H22O2. The zero-order valence-electron chi connectivity index (χ0n) is 11.8. The highest BCUT2D eigenvalue weighted by molar-refractivity contribution is 5.38. The fourth-order valence-electron chi connectivity index (χ4n) is 5.57. The van der Waals surface area contributed by atoms with E-state index in [1.165, 1.54) is 37.7 Å². The molecule has 6 unspecified atom stereocenters. The average Bonchev–Trinajstić information content (AvgIpc) is 2.93. The first-order valence-corrected chi connectivity index (χ1v) is 8.27. The van der Waals surface area contributed by atoms with Gasteiger partial charge in [-0.1, -0.05) is 24.6 Å². The molecule has 1 aromatic rings. The van der Waals surface area contributed by atoms with E-state index >= 15 is 0 Å². The fourth-order valence-corrected chi connectivity index (χ4v) is 5.57. The Bertz CT molecular complexity index is 522. The molecule has 1 saturated heterocycles. The second-order valence-electron chi connectivity index (χ2n) is 7.18. The monoisotopic (exact) mass is 270 g/mol. The average molecular weight is 270 g/mol. The van der Waals surface area contributed by atoms with Crippen LogP contribution >= 0.6 is 0 Å². The van der Waals surface area contributed by atoms with Crippen molar-refractivity contribution in [3.05, 3.63) is 29.8 Å². The lowest BCUT2D eigenvalue weighted by Crippen LogP contribution is -2.23. The molecule has 2 bridgehead atoms. The summed E-state index contributed by atoms with van der Waals surface area (Å²) < 4.78 is 11.2. The highest BCUT2D eigenvalue weighted by Crippen LogP contribution is 2.64. The minimum atomic E-state index is 0.0222. The number of benzene rings is 1. The van der Waals surface area contributed by atoms with Crippen molar-refractivity contribution in [2.45, 2.75) is 44.3 Å². The topological polar surface area (TPSA) is 21.8 Å². The molecule has 106 valence electrons. The second-order valence-corrected chi connectivity index (χ2v) is 7.18. The third-order valence-electron chi connectivity index (χ3n) is 6.31. The van der Waals surface area contributed by atoms with Crippen LogP contribution in [0.2, 0.25) is 0 Å². The van der Waals surface area contributed by atoms with Gasteiger partial charge in [-0.05, 0) is 66.9 Å². The summed E-state index contributed by atoms with van der Waals surface area (Å²) in [4.78, 5) is 0. The molecule has 20 heavy (non-hydrogen) atoms. The summed E-state index contributed by atoms with van der Waals surface area (Å²) in [5, 5.41) is 0. The molecular weight excluding hydrogens is 248 g/mol. The molecule has 3 aliphatic carbocycles. The summed E-state index contributed by atoms with van der Waals surface area (Å²) >= 11 is 0. The van der Waals surface area contributed by atoms with Crippen LogP contribution in [0, 0.1) is 23.7 Å². The van der Waals surface area contributed by atoms with Gasteiger partial charge in [0.25, 0.3) is 0 Å². The van der Waals surface area contributed by atoms with Crippen LogP contribution in [0.4, 0.5) is 0 Å². The summed E-state index contributed by atoms with van der Waals surface area (Å²) in [6.45, 7) is 0.760. The van der Waals surface area contributed by atoms with Crippen molar-refractivity contribution in [1.82, 2.24) is 0 Å². The molecule has 0 N–H and O–H groups in total. The van der Waals surface area contributed by atoms with E-state index in [9.17, 15) is 0 Å². The van der Waals surface area contributed by atoms with Gasteiger partial charge in [-0.3, -0.25) is 0 Å². The Morgan fingerprint density at radius 2 is 1.85 bits per heavy atom. The summed E-state index contributed by atoms with van der Waals surface area (Å²) in [5.41, 5.74) is 1.46. The Hall–Kier alpha value is -1.02. The maximum absolute atomic E-state index is 5.97. The maximum atomic E-state index is 5.97. The Morgan fingerprint density at radius 1 is 1.00 bits per heavy atom. The first kappa shape index (κ1) is 11.6. The van der Waals surface area contributed by atoms with Crippen LogP contribution in [-0.4, -0.2) is 12.9 Å². The van der Waals surface area contributed by atoms with Crippen LogP contribution in [0.5, 0.6) is 5.75 Å². The van der Waals surface area contributed by atoms with E-state index in [-0.39, 0.29) is 6.29 Å². The molecule has 0 amide bonds. The van der Waals surface area contributed by atoms with Crippen molar-refractivity contribution in [2.75, 3.05) is 6.61 Å². The van der Waals surface area contributed by atoms with E-state index < -0.39 is 0 Å². The van der Waals surface area contributed by atoms with Crippen molar-refractivity contribution < 1.29 is 9.47 Å². The molecule has 0 spiro atoms. The van der Waals surface area contributed by atoms with Crippen molar-refractivity contribution in [1.29, 1.82) is 0 Å². The van der Waals surface area contributed by atoms with Crippen LogP contribution in [0.15, 0.2) is 24.3 Å². The van der Waals surface area contributed by atoms with E-state index in [4.69, 9.17) is 9.47 Å². The first-order chi connectivity index (χ1) is 9.90. The van der Waals surface area contributed by atoms with E-state index in [0.717, 1.165) is 41.9 Å². The molecule has 2 nitrogen and oxygen atoms in total. The van der Waals surface area contributed by atoms with E-state index in [2.05, 4.69) is 24.3 Å². The second kappa shape index (κ2) is 4.24. The minimum Gasteiger partial charge on any atom is -0.462 e. The van der Waals surface area contributed by atoms with Gasteiger partial charge in [0.1, 0.15) is 12.4 Å². The molecule has 3 saturated carbocycles. The van der Waals surface area contributed by atoms with Gasteiger partial charge in [-0.2, -0.15) is 0 Å².